The number of hydrogen-bond donors (Lipinski definition) is 3. The highest BCUT2D eigenvalue weighted by atomic mass is 19.4. The molecule has 1 saturated heterocycles. The summed E-state index contributed by atoms with van der Waals surface area (Å²) < 4.78 is 31.7. The van der Waals surface area contributed by atoms with Crippen molar-refractivity contribution in [1.29, 1.82) is 0 Å². The van der Waals surface area contributed by atoms with Gasteiger partial charge in [0.05, 0.1) is 17.9 Å². The van der Waals surface area contributed by atoms with E-state index in [0.29, 0.717) is 6.04 Å². The van der Waals surface area contributed by atoms with Crippen LogP contribution in [-0.4, -0.2) is 33.8 Å². The third-order valence-electron chi connectivity index (χ3n) is 3.31. The van der Waals surface area contributed by atoms with Gasteiger partial charge in [0.1, 0.15) is 5.82 Å². The standard InChI is InChI=1S/C13H15N3.C2HF3O2/c1-2-5-10(6-3-1)12-9-15-13(16-12)11-7-4-8-14-11;3-2(4,5)1(6)7/h1-3,5-6,9,11,14H,4,7-8H2,(H,15,16);(H,6,7)/t11-;/m0./s1. The van der Waals surface area contributed by atoms with Crippen molar-refractivity contribution < 1.29 is 23.1 Å². The number of halogens is 3. The van der Waals surface area contributed by atoms with E-state index in [1.165, 1.54) is 18.4 Å². The number of aliphatic carboxylic acids is 1. The summed E-state index contributed by atoms with van der Waals surface area (Å²) in [5.41, 5.74) is 2.29. The lowest BCUT2D eigenvalue weighted by Crippen LogP contribution is -2.21. The quantitative estimate of drug-likeness (QED) is 0.792. The number of imidazole rings is 1. The SMILES string of the molecule is O=C(O)C(F)(F)F.c1ccc(-c2cnc([C@@H]3CCCN3)[nH]2)cc1. The third-order valence-corrected chi connectivity index (χ3v) is 3.31. The number of carboxylic acids is 1. The molecule has 1 aliphatic heterocycles. The number of alkyl halides is 3. The predicted molar refractivity (Wildman–Crippen MR) is 77.7 cm³/mol. The van der Waals surface area contributed by atoms with Crippen molar-refractivity contribution in [3.05, 3.63) is 42.4 Å². The Hall–Kier alpha value is -2.35. The van der Waals surface area contributed by atoms with E-state index < -0.39 is 12.1 Å². The molecular formula is C15H16F3N3O2. The Morgan fingerprint density at radius 1 is 1.26 bits per heavy atom. The van der Waals surface area contributed by atoms with E-state index in [-0.39, 0.29) is 0 Å². The van der Waals surface area contributed by atoms with Gasteiger partial charge in [0, 0.05) is 0 Å². The van der Waals surface area contributed by atoms with Gasteiger partial charge in [-0.1, -0.05) is 30.3 Å². The van der Waals surface area contributed by atoms with Crippen LogP contribution in [0.1, 0.15) is 24.7 Å². The number of nitrogens with one attached hydrogen (secondary N) is 2. The molecule has 2 aromatic rings. The minimum Gasteiger partial charge on any atom is -0.475 e. The number of carbonyl (C=O) groups is 1. The molecule has 1 aromatic carbocycles. The largest absolute Gasteiger partial charge is 0.490 e. The molecule has 0 amide bonds. The minimum absolute atomic E-state index is 0.414. The Kier molecular flexibility index (Phi) is 5.38. The molecule has 1 atom stereocenters. The average molecular weight is 327 g/mol. The molecule has 8 heteroatoms. The first-order valence-electron chi connectivity index (χ1n) is 7.01. The highest BCUT2D eigenvalue weighted by Crippen LogP contribution is 2.23. The molecule has 3 N–H and O–H groups in total. The van der Waals surface area contributed by atoms with Crippen LogP contribution in [0.4, 0.5) is 13.2 Å². The van der Waals surface area contributed by atoms with Crippen molar-refractivity contribution >= 4 is 5.97 Å². The van der Waals surface area contributed by atoms with Gasteiger partial charge in [-0.15, -0.1) is 0 Å². The van der Waals surface area contributed by atoms with Crippen molar-refractivity contribution in [3.63, 3.8) is 0 Å². The summed E-state index contributed by atoms with van der Waals surface area (Å²) in [5, 5.41) is 10.6. The van der Waals surface area contributed by atoms with Gasteiger partial charge in [0.15, 0.2) is 0 Å². The molecule has 5 nitrogen and oxygen atoms in total. The summed E-state index contributed by atoms with van der Waals surface area (Å²) in [7, 11) is 0. The van der Waals surface area contributed by atoms with Crippen LogP contribution < -0.4 is 5.32 Å². The minimum atomic E-state index is -5.08. The molecule has 0 bridgehead atoms. The number of aromatic amines is 1. The molecule has 23 heavy (non-hydrogen) atoms. The fraction of sp³-hybridized carbons (Fsp3) is 0.333. The molecular weight excluding hydrogens is 311 g/mol. The molecule has 3 rings (SSSR count). The van der Waals surface area contributed by atoms with E-state index in [0.717, 1.165) is 18.1 Å². The van der Waals surface area contributed by atoms with Crippen molar-refractivity contribution in [2.75, 3.05) is 6.54 Å². The van der Waals surface area contributed by atoms with Crippen LogP contribution in [0.2, 0.25) is 0 Å². The maximum Gasteiger partial charge on any atom is 0.490 e. The smallest absolute Gasteiger partial charge is 0.475 e. The summed E-state index contributed by atoms with van der Waals surface area (Å²) in [4.78, 5) is 16.8. The van der Waals surface area contributed by atoms with Gasteiger partial charge in [0.25, 0.3) is 0 Å². The van der Waals surface area contributed by atoms with Crippen LogP contribution in [0.25, 0.3) is 11.3 Å². The van der Waals surface area contributed by atoms with Crippen molar-refractivity contribution in [2.24, 2.45) is 0 Å². The van der Waals surface area contributed by atoms with Crippen LogP contribution >= 0.6 is 0 Å². The first kappa shape index (κ1) is 17.0. The molecule has 0 radical (unpaired) electrons. The van der Waals surface area contributed by atoms with Gasteiger partial charge in [-0.25, -0.2) is 9.78 Å². The maximum absolute atomic E-state index is 10.6. The second kappa shape index (κ2) is 7.28. The van der Waals surface area contributed by atoms with E-state index in [9.17, 15) is 13.2 Å². The number of benzene rings is 1. The lowest BCUT2D eigenvalue weighted by Gasteiger charge is -2.05. The number of nitrogens with zero attached hydrogens (tertiary/aromatic N) is 1. The summed E-state index contributed by atoms with van der Waals surface area (Å²) in [6.45, 7) is 1.10. The average Bonchev–Trinajstić information content (AvgIpc) is 3.19. The van der Waals surface area contributed by atoms with Crippen LogP contribution in [0.15, 0.2) is 36.5 Å². The zero-order valence-electron chi connectivity index (χ0n) is 12.1. The zero-order valence-corrected chi connectivity index (χ0v) is 12.1. The Morgan fingerprint density at radius 3 is 2.43 bits per heavy atom. The zero-order chi connectivity index (χ0) is 16.9. The number of carboxylic acid groups (broad SMARTS) is 1. The number of aromatic nitrogens is 2. The molecule has 1 aliphatic rings. The van der Waals surface area contributed by atoms with E-state index in [1.54, 1.807) is 0 Å². The van der Waals surface area contributed by atoms with Crippen molar-refractivity contribution in [3.8, 4) is 11.3 Å². The Balaban J connectivity index is 0.000000236. The number of hydrogen-bond acceptors (Lipinski definition) is 3. The molecule has 0 saturated carbocycles. The van der Waals surface area contributed by atoms with E-state index in [1.807, 2.05) is 24.4 Å². The van der Waals surface area contributed by atoms with Crippen molar-refractivity contribution in [2.45, 2.75) is 25.1 Å². The summed E-state index contributed by atoms with van der Waals surface area (Å²) in [6.07, 6.45) is -0.738. The van der Waals surface area contributed by atoms with Crippen LogP contribution in [0.3, 0.4) is 0 Å². The summed E-state index contributed by atoms with van der Waals surface area (Å²) in [6, 6.07) is 10.7. The van der Waals surface area contributed by atoms with E-state index >= 15 is 0 Å². The number of rotatable bonds is 2. The second-order valence-corrected chi connectivity index (χ2v) is 5.00. The van der Waals surface area contributed by atoms with Crippen LogP contribution in [-0.2, 0) is 4.79 Å². The molecule has 1 fully saturated rings. The lowest BCUT2D eigenvalue weighted by atomic mass is 10.2. The van der Waals surface area contributed by atoms with E-state index in [2.05, 4.69) is 27.4 Å². The highest BCUT2D eigenvalue weighted by Gasteiger charge is 2.38. The third kappa shape index (κ3) is 4.82. The molecule has 2 heterocycles. The first-order valence-corrected chi connectivity index (χ1v) is 7.01. The lowest BCUT2D eigenvalue weighted by molar-refractivity contribution is -0.192. The predicted octanol–water partition coefficient (Wildman–Crippen LogP) is 3.13. The fourth-order valence-corrected chi connectivity index (χ4v) is 2.20. The maximum atomic E-state index is 10.6. The Labute approximate surface area is 130 Å². The molecule has 0 unspecified atom stereocenters. The van der Waals surface area contributed by atoms with Gasteiger partial charge in [-0.05, 0) is 24.9 Å². The molecule has 124 valence electrons. The van der Waals surface area contributed by atoms with Crippen LogP contribution in [0, 0.1) is 0 Å². The summed E-state index contributed by atoms with van der Waals surface area (Å²) in [5.74, 6) is -1.69. The molecule has 0 aliphatic carbocycles. The van der Waals surface area contributed by atoms with Gasteiger partial charge >= 0.3 is 12.1 Å². The fourth-order valence-electron chi connectivity index (χ4n) is 2.20. The van der Waals surface area contributed by atoms with Crippen LogP contribution in [0.5, 0.6) is 0 Å². The normalized spacial score (nSPS) is 17.4. The van der Waals surface area contributed by atoms with E-state index in [4.69, 9.17) is 9.90 Å². The Bertz CT molecular complexity index is 635. The molecule has 1 aromatic heterocycles. The van der Waals surface area contributed by atoms with Gasteiger partial charge in [-0.3, -0.25) is 0 Å². The first-order chi connectivity index (χ1) is 10.9. The van der Waals surface area contributed by atoms with Crippen molar-refractivity contribution in [1.82, 2.24) is 15.3 Å². The monoisotopic (exact) mass is 327 g/mol. The second-order valence-electron chi connectivity index (χ2n) is 5.00. The Morgan fingerprint density at radius 2 is 1.91 bits per heavy atom. The summed E-state index contributed by atoms with van der Waals surface area (Å²) >= 11 is 0. The number of H-pyrrole nitrogens is 1. The van der Waals surface area contributed by atoms with Gasteiger partial charge < -0.3 is 15.4 Å². The molecule has 0 spiro atoms. The van der Waals surface area contributed by atoms with Gasteiger partial charge in [0.2, 0.25) is 0 Å². The highest BCUT2D eigenvalue weighted by molar-refractivity contribution is 5.73. The topological polar surface area (TPSA) is 78.0 Å². The van der Waals surface area contributed by atoms with Gasteiger partial charge in [-0.2, -0.15) is 13.2 Å².